The normalized spacial score (nSPS) is 14.3. The molecule has 1 N–H and O–H groups in total. The summed E-state index contributed by atoms with van der Waals surface area (Å²) in [5.74, 6) is 0. The van der Waals surface area contributed by atoms with E-state index in [4.69, 9.17) is 4.74 Å². The van der Waals surface area contributed by atoms with Crippen LogP contribution in [0.15, 0.2) is 24.3 Å². The minimum atomic E-state index is 0.382. The van der Waals surface area contributed by atoms with Crippen LogP contribution in [0.5, 0.6) is 0 Å². The molecule has 0 heterocycles. The second kappa shape index (κ2) is 7.39. The highest BCUT2D eigenvalue weighted by Crippen LogP contribution is 2.21. The second-order valence-corrected chi connectivity index (χ2v) is 4.76. The van der Waals surface area contributed by atoms with Crippen LogP contribution in [0, 0.1) is 0 Å². The maximum atomic E-state index is 5.19. The summed E-state index contributed by atoms with van der Waals surface area (Å²) in [4.78, 5) is 2.24. The van der Waals surface area contributed by atoms with Gasteiger partial charge < -0.3 is 15.0 Å². The Morgan fingerprint density at radius 2 is 1.89 bits per heavy atom. The van der Waals surface area contributed by atoms with E-state index in [-0.39, 0.29) is 0 Å². The maximum Gasteiger partial charge on any atom is 0.0663 e. The van der Waals surface area contributed by atoms with Crippen LogP contribution in [0.4, 0.5) is 5.69 Å². The molecule has 1 aromatic carbocycles. The Kier molecular flexibility index (Phi) is 6.16. The monoisotopic (exact) mass is 250 g/mol. The first-order valence-electron chi connectivity index (χ1n) is 6.63. The Balaban J connectivity index is 2.75. The van der Waals surface area contributed by atoms with E-state index in [1.807, 2.05) is 7.05 Å². The first kappa shape index (κ1) is 15.0. The molecule has 0 aliphatic heterocycles. The Labute approximate surface area is 111 Å². The van der Waals surface area contributed by atoms with Crippen molar-refractivity contribution in [2.45, 2.75) is 32.4 Å². The number of nitrogens with one attached hydrogen (secondary N) is 1. The van der Waals surface area contributed by atoms with Gasteiger partial charge in [-0.25, -0.2) is 0 Å². The molecule has 0 saturated heterocycles. The quantitative estimate of drug-likeness (QED) is 0.805. The molecule has 3 heteroatoms. The number of benzene rings is 1. The predicted octanol–water partition coefficient (Wildman–Crippen LogP) is 2.83. The molecule has 1 aromatic rings. The predicted molar refractivity (Wildman–Crippen MR) is 78.3 cm³/mol. The molecule has 0 fully saturated rings. The molecule has 0 spiro atoms. The van der Waals surface area contributed by atoms with Crippen molar-refractivity contribution in [3.8, 4) is 0 Å². The van der Waals surface area contributed by atoms with Crippen LogP contribution in [-0.4, -0.2) is 33.9 Å². The van der Waals surface area contributed by atoms with Gasteiger partial charge in [0, 0.05) is 31.9 Å². The molecule has 0 aromatic heterocycles. The van der Waals surface area contributed by atoms with E-state index in [1.54, 1.807) is 7.11 Å². The molecule has 102 valence electrons. The van der Waals surface area contributed by atoms with Gasteiger partial charge in [0.1, 0.15) is 0 Å². The first-order valence-corrected chi connectivity index (χ1v) is 6.63. The van der Waals surface area contributed by atoms with Crippen LogP contribution < -0.4 is 10.2 Å². The van der Waals surface area contributed by atoms with Crippen molar-refractivity contribution >= 4 is 5.69 Å². The van der Waals surface area contributed by atoms with Gasteiger partial charge in [-0.05, 0) is 38.1 Å². The lowest BCUT2D eigenvalue weighted by atomic mass is 10.0. The number of methoxy groups -OCH3 is 1. The van der Waals surface area contributed by atoms with Gasteiger partial charge in [0.25, 0.3) is 0 Å². The summed E-state index contributed by atoms with van der Waals surface area (Å²) in [6, 6.07) is 9.60. The second-order valence-electron chi connectivity index (χ2n) is 4.76. The topological polar surface area (TPSA) is 24.5 Å². The van der Waals surface area contributed by atoms with Gasteiger partial charge in [-0.15, -0.1) is 0 Å². The molecule has 3 nitrogen and oxygen atoms in total. The Hall–Kier alpha value is -1.06. The van der Waals surface area contributed by atoms with Gasteiger partial charge in [-0.3, -0.25) is 0 Å². The maximum absolute atomic E-state index is 5.19. The molecular formula is C15H26N2O. The average molecular weight is 250 g/mol. The van der Waals surface area contributed by atoms with Crippen LogP contribution >= 0.6 is 0 Å². The largest absolute Gasteiger partial charge is 0.383 e. The molecule has 2 atom stereocenters. The Morgan fingerprint density at radius 1 is 1.28 bits per heavy atom. The number of nitrogens with zero attached hydrogens (tertiary/aromatic N) is 1. The standard InChI is InChI=1S/C15H26N2O/c1-6-15(16-3)13-7-9-14(10-8-13)17(4)12(2)11-18-5/h7-10,12,15-16H,6,11H2,1-5H3. The van der Waals surface area contributed by atoms with Gasteiger partial charge in [0.15, 0.2) is 0 Å². The number of anilines is 1. The van der Waals surface area contributed by atoms with E-state index < -0.39 is 0 Å². The zero-order valence-corrected chi connectivity index (χ0v) is 12.2. The highest BCUT2D eigenvalue weighted by molar-refractivity contribution is 5.48. The molecule has 0 aliphatic carbocycles. The fourth-order valence-corrected chi connectivity index (χ4v) is 2.16. The number of hydrogen-bond acceptors (Lipinski definition) is 3. The Morgan fingerprint density at radius 3 is 2.33 bits per heavy atom. The molecule has 1 rings (SSSR count). The summed E-state index contributed by atoms with van der Waals surface area (Å²) in [7, 11) is 5.86. The zero-order chi connectivity index (χ0) is 13.5. The van der Waals surface area contributed by atoms with Crippen molar-refractivity contribution in [3.05, 3.63) is 29.8 Å². The summed E-state index contributed by atoms with van der Waals surface area (Å²) in [5, 5.41) is 3.33. The minimum Gasteiger partial charge on any atom is -0.383 e. The summed E-state index contributed by atoms with van der Waals surface area (Å²) in [5.41, 5.74) is 2.57. The molecule has 0 amide bonds. The Bertz CT molecular complexity index is 333. The van der Waals surface area contributed by atoms with Crippen molar-refractivity contribution in [3.63, 3.8) is 0 Å². The molecule has 0 bridgehead atoms. The van der Waals surface area contributed by atoms with Crippen molar-refractivity contribution in [2.75, 3.05) is 32.7 Å². The lowest BCUT2D eigenvalue weighted by Crippen LogP contribution is -2.32. The van der Waals surface area contributed by atoms with Gasteiger partial charge >= 0.3 is 0 Å². The molecule has 0 aliphatic rings. The number of hydrogen-bond donors (Lipinski definition) is 1. The molecule has 0 radical (unpaired) electrons. The van der Waals surface area contributed by atoms with Gasteiger partial charge in [-0.1, -0.05) is 19.1 Å². The van der Waals surface area contributed by atoms with Crippen LogP contribution in [0.3, 0.4) is 0 Å². The smallest absolute Gasteiger partial charge is 0.0663 e. The SMILES string of the molecule is CCC(NC)c1ccc(N(C)C(C)COC)cc1. The van der Waals surface area contributed by atoms with E-state index in [9.17, 15) is 0 Å². The van der Waals surface area contributed by atoms with Crippen molar-refractivity contribution in [1.29, 1.82) is 0 Å². The number of rotatable bonds is 7. The van der Waals surface area contributed by atoms with E-state index >= 15 is 0 Å². The first-order chi connectivity index (χ1) is 8.63. The van der Waals surface area contributed by atoms with Crippen LogP contribution in [0.25, 0.3) is 0 Å². The fraction of sp³-hybridized carbons (Fsp3) is 0.600. The van der Waals surface area contributed by atoms with Crippen LogP contribution in [0.1, 0.15) is 31.9 Å². The van der Waals surface area contributed by atoms with E-state index in [2.05, 4.69) is 55.4 Å². The summed E-state index contributed by atoms with van der Waals surface area (Å²) in [6.07, 6.45) is 1.10. The molecule has 0 saturated carbocycles. The zero-order valence-electron chi connectivity index (χ0n) is 12.2. The van der Waals surface area contributed by atoms with Crippen LogP contribution in [0.2, 0.25) is 0 Å². The van der Waals surface area contributed by atoms with E-state index in [0.29, 0.717) is 12.1 Å². The fourth-order valence-electron chi connectivity index (χ4n) is 2.16. The molecule has 2 unspecified atom stereocenters. The van der Waals surface area contributed by atoms with Crippen molar-refractivity contribution < 1.29 is 4.74 Å². The van der Waals surface area contributed by atoms with E-state index in [1.165, 1.54) is 11.3 Å². The third-order valence-electron chi connectivity index (χ3n) is 3.53. The van der Waals surface area contributed by atoms with Crippen molar-refractivity contribution in [2.24, 2.45) is 0 Å². The van der Waals surface area contributed by atoms with E-state index in [0.717, 1.165) is 13.0 Å². The molecular weight excluding hydrogens is 224 g/mol. The number of ether oxygens (including phenoxy) is 1. The lowest BCUT2D eigenvalue weighted by Gasteiger charge is -2.27. The lowest BCUT2D eigenvalue weighted by molar-refractivity contribution is 0.183. The highest BCUT2D eigenvalue weighted by Gasteiger charge is 2.11. The van der Waals surface area contributed by atoms with Gasteiger partial charge in [0.2, 0.25) is 0 Å². The van der Waals surface area contributed by atoms with Gasteiger partial charge in [0.05, 0.1) is 6.61 Å². The highest BCUT2D eigenvalue weighted by atomic mass is 16.5. The summed E-state index contributed by atoms with van der Waals surface area (Å²) in [6.45, 7) is 5.11. The third kappa shape index (κ3) is 3.72. The van der Waals surface area contributed by atoms with Crippen molar-refractivity contribution in [1.82, 2.24) is 5.32 Å². The van der Waals surface area contributed by atoms with Gasteiger partial charge in [-0.2, -0.15) is 0 Å². The third-order valence-corrected chi connectivity index (χ3v) is 3.53. The average Bonchev–Trinajstić information content (AvgIpc) is 2.40. The summed E-state index contributed by atoms with van der Waals surface area (Å²) >= 11 is 0. The molecule has 18 heavy (non-hydrogen) atoms. The number of likely N-dealkylation sites (N-methyl/N-ethyl adjacent to an activating group) is 1. The summed E-state index contributed by atoms with van der Waals surface area (Å²) < 4.78 is 5.19. The van der Waals surface area contributed by atoms with Crippen LogP contribution in [-0.2, 0) is 4.74 Å². The minimum absolute atomic E-state index is 0.382.